The number of nitrogens with zero attached hydrogens (tertiary/aromatic N) is 1. The standard InChI is InChI=1S/C23H27N3O/c1-16-5-10-22-18(12-16)13-19(23(27)25-22)14-24-20-6-8-21(9-7-20)26-11-3-4-17(2)15-26/h5-10,12-13,17,24H,3-4,11,14-15H2,1-2H3,(H,25,27). The van der Waals surface area contributed by atoms with Crippen molar-refractivity contribution in [3.63, 3.8) is 0 Å². The Morgan fingerprint density at radius 2 is 1.96 bits per heavy atom. The normalized spacial score (nSPS) is 17.3. The maximum absolute atomic E-state index is 12.3. The van der Waals surface area contributed by atoms with E-state index in [0.717, 1.165) is 41.2 Å². The van der Waals surface area contributed by atoms with Crippen LogP contribution in [0.3, 0.4) is 0 Å². The Hall–Kier alpha value is -2.75. The van der Waals surface area contributed by atoms with Crippen LogP contribution in [0.4, 0.5) is 11.4 Å². The van der Waals surface area contributed by atoms with Crippen LogP contribution in [-0.2, 0) is 6.54 Å². The second kappa shape index (κ2) is 7.47. The van der Waals surface area contributed by atoms with Gasteiger partial charge in [-0.15, -0.1) is 0 Å². The lowest BCUT2D eigenvalue weighted by atomic mass is 10.00. The molecule has 0 spiro atoms. The van der Waals surface area contributed by atoms with E-state index < -0.39 is 0 Å². The molecule has 1 aliphatic rings. The van der Waals surface area contributed by atoms with Crippen molar-refractivity contribution in [3.8, 4) is 0 Å². The molecule has 2 heterocycles. The monoisotopic (exact) mass is 361 g/mol. The Bertz CT molecular complexity index is 991. The molecule has 0 aliphatic carbocycles. The number of hydrogen-bond donors (Lipinski definition) is 2. The van der Waals surface area contributed by atoms with E-state index in [4.69, 9.17) is 0 Å². The minimum absolute atomic E-state index is 0.0298. The fourth-order valence-electron chi connectivity index (χ4n) is 3.91. The van der Waals surface area contributed by atoms with Gasteiger partial charge in [-0.2, -0.15) is 0 Å². The minimum atomic E-state index is -0.0298. The largest absolute Gasteiger partial charge is 0.381 e. The molecule has 1 unspecified atom stereocenters. The van der Waals surface area contributed by atoms with Gasteiger partial charge in [-0.05, 0) is 73.5 Å². The molecule has 1 atom stereocenters. The number of piperidine rings is 1. The highest BCUT2D eigenvalue weighted by molar-refractivity contribution is 5.79. The van der Waals surface area contributed by atoms with E-state index >= 15 is 0 Å². The second-order valence-corrected chi connectivity index (χ2v) is 7.81. The molecule has 27 heavy (non-hydrogen) atoms. The van der Waals surface area contributed by atoms with Gasteiger partial charge in [0.25, 0.3) is 5.56 Å². The van der Waals surface area contributed by atoms with E-state index in [9.17, 15) is 4.79 Å². The van der Waals surface area contributed by atoms with E-state index in [1.807, 2.05) is 18.2 Å². The minimum Gasteiger partial charge on any atom is -0.381 e. The molecule has 0 bridgehead atoms. The first-order valence-electron chi connectivity index (χ1n) is 9.80. The third-order valence-electron chi connectivity index (χ3n) is 5.45. The first-order valence-corrected chi connectivity index (χ1v) is 9.80. The van der Waals surface area contributed by atoms with Crippen LogP contribution in [0.25, 0.3) is 10.9 Å². The van der Waals surface area contributed by atoms with Crippen LogP contribution >= 0.6 is 0 Å². The van der Waals surface area contributed by atoms with Gasteiger partial charge < -0.3 is 15.2 Å². The van der Waals surface area contributed by atoms with Crippen LogP contribution in [0.1, 0.15) is 30.9 Å². The lowest BCUT2D eigenvalue weighted by molar-refractivity contribution is 0.447. The maximum atomic E-state index is 12.3. The first-order chi connectivity index (χ1) is 13.1. The van der Waals surface area contributed by atoms with Crippen molar-refractivity contribution in [3.05, 3.63) is 70.0 Å². The van der Waals surface area contributed by atoms with Crippen molar-refractivity contribution in [2.45, 2.75) is 33.2 Å². The van der Waals surface area contributed by atoms with Crippen molar-refractivity contribution in [1.29, 1.82) is 0 Å². The molecule has 1 saturated heterocycles. The van der Waals surface area contributed by atoms with E-state index in [1.54, 1.807) is 0 Å². The molecule has 4 rings (SSSR count). The molecule has 4 heteroatoms. The quantitative estimate of drug-likeness (QED) is 0.709. The van der Waals surface area contributed by atoms with Gasteiger partial charge in [-0.25, -0.2) is 0 Å². The van der Waals surface area contributed by atoms with Crippen molar-refractivity contribution in [1.82, 2.24) is 4.98 Å². The number of nitrogens with one attached hydrogen (secondary N) is 2. The van der Waals surface area contributed by atoms with Crippen LogP contribution in [0, 0.1) is 12.8 Å². The summed E-state index contributed by atoms with van der Waals surface area (Å²) >= 11 is 0. The number of benzene rings is 2. The van der Waals surface area contributed by atoms with Crippen molar-refractivity contribution in [2.24, 2.45) is 5.92 Å². The molecule has 2 N–H and O–H groups in total. The highest BCUT2D eigenvalue weighted by Crippen LogP contribution is 2.24. The van der Waals surface area contributed by atoms with Crippen LogP contribution in [0.5, 0.6) is 0 Å². The summed E-state index contributed by atoms with van der Waals surface area (Å²) in [5.41, 5.74) is 5.11. The molecular formula is C23H27N3O. The number of aryl methyl sites for hydroxylation is 1. The number of H-pyrrole nitrogens is 1. The third kappa shape index (κ3) is 4.00. The van der Waals surface area contributed by atoms with Gasteiger partial charge in [0.2, 0.25) is 0 Å². The zero-order chi connectivity index (χ0) is 18.8. The molecule has 1 aliphatic heterocycles. The Morgan fingerprint density at radius 3 is 2.74 bits per heavy atom. The number of aromatic amines is 1. The van der Waals surface area contributed by atoms with Gasteiger partial charge in [-0.3, -0.25) is 4.79 Å². The Balaban J connectivity index is 1.46. The highest BCUT2D eigenvalue weighted by atomic mass is 16.1. The van der Waals surface area contributed by atoms with E-state index in [1.165, 1.54) is 24.1 Å². The van der Waals surface area contributed by atoms with Gasteiger partial charge in [0.05, 0.1) is 0 Å². The number of fused-ring (bicyclic) bond motifs is 1. The summed E-state index contributed by atoms with van der Waals surface area (Å²) in [6.45, 7) is 7.18. The smallest absolute Gasteiger partial charge is 0.253 e. The van der Waals surface area contributed by atoms with Crippen LogP contribution in [-0.4, -0.2) is 18.1 Å². The molecule has 0 saturated carbocycles. The van der Waals surface area contributed by atoms with Gasteiger partial charge in [-0.1, -0.05) is 18.6 Å². The Labute approximate surface area is 160 Å². The fourth-order valence-corrected chi connectivity index (χ4v) is 3.91. The summed E-state index contributed by atoms with van der Waals surface area (Å²) in [4.78, 5) is 17.8. The SMILES string of the molecule is Cc1ccc2[nH]c(=O)c(CNc3ccc(N4CCCC(C)C4)cc3)cc2c1. The molecule has 0 amide bonds. The van der Waals surface area contributed by atoms with E-state index in [0.29, 0.717) is 6.54 Å². The maximum Gasteiger partial charge on any atom is 0.253 e. The summed E-state index contributed by atoms with van der Waals surface area (Å²) in [7, 11) is 0. The molecular weight excluding hydrogens is 334 g/mol. The summed E-state index contributed by atoms with van der Waals surface area (Å²) in [5.74, 6) is 0.764. The van der Waals surface area contributed by atoms with Crippen LogP contribution < -0.4 is 15.8 Å². The van der Waals surface area contributed by atoms with E-state index in [-0.39, 0.29) is 5.56 Å². The van der Waals surface area contributed by atoms with Gasteiger partial charge >= 0.3 is 0 Å². The molecule has 140 valence electrons. The second-order valence-electron chi connectivity index (χ2n) is 7.81. The van der Waals surface area contributed by atoms with Gasteiger partial charge in [0.1, 0.15) is 0 Å². The molecule has 4 nitrogen and oxygen atoms in total. The first kappa shape index (κ1) is 17.7. The van der Waals surface area contributed by atoms with E-state index in [2.05, 4.69) is 59.4 Å². The van der Waals surface area contributed by atoms with Crippen molar-refractivity contribution >= 4 is 22.3 Å². The molecule has 0 radical (unpaired) electrons. The number of hydrogen-bond acceptors (Lipinski definition) is 3. The lowest BCUT2D eigenvalue weighted by Crippen LogP contribution is -2.34. The van der Waals surface area contributed by atoms with Crippen molar-refractivity contribution in [2.75, 3.05) is 23.3 Å². The number of aromatic nitrogens is 1. The van der Waals surface area contributed by atoms with Gasteiger partial charge in [0.15, 0.2) is 0 Å². The van der Waals surface area contributed by atoms with Crippen LogP contribution in [0.15, 0.2) is 53.3 Å². The fraction of sp³-hybridized carbons (Fsp3) is 0.348. The molecule has 1 fully saturated rings. The number of pyridine rings is 1. The summed E-state index contributed by atoms with van der Waals surface area (Å²) in [5, 5.41) is 4.45. The zero-order valence-electron chi connectivity index (χ0n) is 16.1. The molecule has 1 aromatic heterocycles. The van der Waals surface area contributed by atoms with Crippen molar-refractivity contribution < 1.29 is 0 Å². The average Bonchev–Trinajstić information content (AvgIpc) is 2.67. The molecule has 3 aromatic rings. The summed E-state index contributed by atoms with van der Waals surface area (Å²) in [6, 6.07) is 16.6. The predicted molar refractivity (Wildman–Crippen MR) is 114 cm³/mol. The topological polar surface area (TPSA) is 48.1 Å². The number of anilines is 2. The number of rotatable bonds is 4. The highest BCUT2D eigenvalue weighted by Gasteiger charge is 2.16. The van der Waals surface area contributed by atoms with Gasteiger partial charge in [0, 0.05) is 42.1 Å². The zero-order valence-corrected chi connectivity index (χ0v) is 16.1. The summed E-state index contributed by atoms with van der Waals surface area (Å²) in [6.07, 6.45) is 2.60. The molecule has 2 aromatic carbocycles. The Morgan fingerprint density at radius 1 is 1.15 bits per heavy atom. The Kier molecular flexibility index (Phi) is 4.88. The predicted octanol–water partition coefficient (Wildman–Crippen LogP) is 4.68. The third-order valence-corrected chi connectivity index (χ3v) is 5.45. The average molecular weight is 361 g/mol. The summed E-state index contributed by atoms with van der Waals surface area (Å²) < 4.78 is 0. The van der Waals surface area contributed by atoms with Crippen LogP contribution in [0.2, 0.25) is 0 Å². The lowest BCUT2D eigenvalue weighted by Gasteiger charge is -2.32.